The standard InChI is InChI=1S/C47H30N4/c1-4-15-31(16-5-1)41-30-42(50-47(49-41)32-17-6-2-7-18-32)33-19-14-20-34(29-33)45-39-28-27-37-36-23-11-13-26-43(36)51(35-21-8-3-9-22-35)46(37)44(39)38-24-10-12-25-40(38)48-45/h1-30H. The summed E-state index contributed by atoms with van der Waals surface area (Å²) in [5, 5.41) is 5.89. The van der Waals surface area contributed by atoms with Crippen molar-refractivity contribution in [3.8, 4) is 50.8 Å². The number of hydrogen-bond donors (Lipinski definition) is 0. The minimum absolute atomic E-state index is 0.697. The zero-order chi connectivity index (χ0) is 33.7. The highest BCUT2D eigenvalue weighted by atomic mass is 15.0. The fourth-order valence-electron chi connectivity index (χ4n) is 7.45. The summed E-state index contributed by atoms with van der Waals surface area (Å²) in [5.74, 6) is 0.697. The van der Waals surface area contributed by atoms with Crippen molar-refractivity contribution in [2.45, 2.75) is 0 Å². The van der Waals surface area contributed by atoms with Crippen molar-refractivity contribution in [1.82, 2.24) is 19.5 Å². The SMILES string of the molecule is c1ccc(-c2cc(-c3cccc(-c4nc5ccccc5c5c4ccc4c6ccccc6n(-c6ccccc6)c45)c3)nc(-c3ccccc3)n2)cc1. The summed E-state index contributed by atoms with van der Waals surface area (Å²) in [6.07, 6.45) is 0. The van der Waals surface area contributed by atoms with Crippen molar-refractivity contribution in [3.63, 3.8) is 0 Å². The highest BCUT2D eigenvalue weighted by molar-refractivity contribution is 6.26. The van der Waals surface area contributed by atoms with Gasteiger partial charge in [-0.05, 0) is 36.4 Å². The van der Waals surface area contributed by atoms with E-state index >= 15 is 0 Å². The zero-order valence-corrected chi connectivity index (χ0v) is 27.6. The van der Waals surface area contributed by atoms with Crippen molar-refractivity contribution < 1.29 is 0 Å². The first-order valence-electron chi connectivity index (χ1n) is 17.2. The molecule has 0 fully saturated rings. The first kappa shape index (κ1) is 29.0. The molecular formula is C47H30N4. The molecule has 10 rings (SSSR count). The highest BCUT2D eigenvalue weighted by Gasteiger charge is 2.20. The average molecular weight is 651 g/mol. The highest BCUT2D eigenvalue weighted by Crippen LogP contribution is 2.42. The van der Waals surface area contributed by atoms with E-state index in [1.54, 1.807) is 0 Å². The van der Waals surface area contributed by atoms with Gasteiger partial charge in [-0.15, -0.1) is 0 Å². The Kier molecular flexibility index (Phi) is 6.78. The quantitative estimate of drug-likeness (QED) is 0.174. The summed E-state index contributed by atoms with van der Waals surface area (Å²) in [5.41, 5.74) is 11.2. The van der Waals surface area contributed by atoms with E-state index in [2.05, 4.69) is 150 Å². The number of benzene rings is 7. The molecule has 0 aliphatic carbocycles. The Morgan fingerprint density at radius 2 is 0.961 bits per heavy atom. The van der Waals surface area contributed by atoms with Gasteiger partial charge in [-0.2, -0.15) is 0 Å². The molecule has 0 aliphatic heterocycles. The van der Waals surface area contributed by atoms with Crippen LogP contribution < -0.4 is 0 Å². The number of para-hydroxylation sites is 3. The lowest BCUT2D eigenvalue weighted by Crippen LogP contribution is -1.97. The molecule has 0 atom stereocenters. The van der Waals surface area contributed by atoms with Crippen molar-refractivity contribution >= 4 is 43.5 Å². The van der Waals surface area contributed by atoms with Gasteiger partial charge < -0.3 is 4.57 Å². The summed E-state index contributed by atoms with van der Waals surface area (Å²) in [6, 6.07) is 63.6. The van der Waals surface area contributed by atoms with Crippen LogP contribution in [0.4, 0.5) is 0 Å². The molecule has 51 heavy (non-hydrogen) atoms. The van der Waals surface area contributed by atoms with E-state index < -0.39 is 0 Å². The van der Waals surface area contributed by atoms with Crippen molar-refractivity contribution in [2.24, 2.45) is 0 Å². The largest absolute Gasteiger partial charge is 0.309 e. The predicted octanol–water partition coefficient (Wildman–Crippen LogP) is 11.9. The second-order valence-electron chi connectivity index (χ2n) is 12.8. The molecule has 0 amide bonds. The number of rotatable bonds is 5. The number of hydrogen-bond acceptors (Lipinski definition) is 3. The van der Waals surface area contributed by atoms with Crippen LogP contribution in [0.3, 0.4) is 0 Å². The van der Waals surface area contributed by atoms with Crippen LogP contribution in [0.2, 0.25) is 0 Å². The number of aromatic nitrogens is 4. The number of fused-ring (bicyclic) bond motifs is 7. The van der Waals surface area contributed by atoms with Gasteiger partial charge in [-0.3, -0.25) is 0 Å². The fourth-order valence-corrected chi connectivity index (χ4v) is 7.45. The van der Waals surface area contributed by atoms with Gasteiger partial charge in [0.15, 0.2) is 5.82 Å². The van der Waals surface area contributed by atoms with E-state index in [9.17, 15) is 0 Å². The molecule has 0 saturated heterocycles. The zero-order valence-electron chi connectivity index (χ0n) is 27.6. The van der Waals surface area contributed by atoms with Crippen LogP contribution in [0.15, 0.2) is 182 Å². The van der Waals surface area contributed by atoms with Crippen LogP contribution in [-0.2, 0) is 0 Å². The molecule has 0 radical (unpaired) electrons. The fraction of sp³-hybridized carbons (Fsp3) is 0. The molecule has 4 heteroatoms. The van der Waals surface area contributed by atoms with Crippen LogP contribution in [-0.4, -0.2) is 19.5 Å². The third-order valence-corrected chi connectivity index (χ3v) is 9.77. The molecule has 3 aromatic heterocycles. The van der Waals surface area contributed by atoms with Crippen molar-refractivity contribution in [2.75, 3.05) is 0 Å². The molecule has 0 saturated carbocycles. The summed E-state index contributed by atoms with van der Waals surface area (Å²) in [6.45, 7) is 0. The predicted molar refractivity (Wildman–Crippen MR) is 211 cm³/mol. The lowest BCUT2D eigenvalue weighted by atomic mass is 9.96. The van der Waals surface area contributed by atoms with Gasteiger partial charge in [0, 0.05) is 54.9 Å². The van der Waals surface area contributed by atoms with Crippen LogP contribution in [0.25, 0.3) is 94.3 Å². The van der Waals surface area contributed by atoms with Crippen molar-refractivity contribution in [3.05, 3.63) is 182 Å². The molecule has 0 aliphatic rings. The molecule has 10 aromatic rings. The summed E-state index contributed by atoms with van der Waals surface area (Å²) >= 11 is 0. The molecule has 0 N–H and O–H groups in total. The van der Waals surface area contributed by atoms with Crippen LogP contribution in [0, 0.1) is 0 Å². The van der Waals surface area contributed by atoms with Gasteiger partial charge in [0.1, 0.15) is 0 Å². The maximum Gasteiger partial charge on any atom is 0.160 e. The van der Waals surface area contributed by atoms with Crippen LogP contribution in [0.5, 0.6) is 0 Å². The van der Waals surface area contributed by atoms with Gasteiger partial charge in [-0.1, -0.05) is 146 Å². The minimum atomic E-state index is 0.697. The second-order valence-corrected chi connectivity index (χ2v) is 12.8. The summed E-state index contributed by atoms with van der Waals surface area (Å²) in [4.78, 5) is 15.5. The van der Waals surface area contributed by atoms with Crippen LogP contribution >= 0.6 is 0 Å². The summed E-state index contributed by atoms with van der Waals surface area (Å²) < 4.78 is 2.41. The lowest BCUT2D eigenvalue weighted by molar-refractivity contribution is 1.18. The Labute approximate surface area is 295 Å². The average Bonchev–Trinajstić information content (AvgIpc) is 3.56. The Morgan fingerprint density at radius 3 is 1.75 bits per heavy atom. The molecule has 3 heterocycles. The lowest BCUT2D eigenvalue weighted by Gasteiger charge is -2.15. The summed E-state index contributed by atoms with van der Waals surface area (Å²) in [7, 11) is 0. The first-order chi connectivity index (χ1) is 25.3. The van der Waals surface area contributed by atoms with Gasteiger partial charge in [0.2, 0.25) is 0 Å². The van der Waals surface area contributed by atoms with Crippen molar-refractivity contribution in [1.29, 1.82) is 0 Å². The molecule has 4 nitrogen and oxygen atoms in total. The number of pyridine rings is 1. The van der Waals surface area contributed by atoms with E-state index in [1.165, 1.54) is 27.2 Å². The third kappa shape index (κ3) is 4.88. The van der Waals surface area contributed by atoms with Gasteiger partial charge in [-0.25, -0.2) is 15.0 Å². The van der Waals surface area contributed by atoms with E-state index in [0.717, 1.165) is 61.3 Å². The van der Waals surface area contributed by atoms with Gasteiger partial charge in [0.25, 0.3) is 0 Å². The topological polar surface area (TPSA) is 43.6 Å². The third-order valence-electron chi connectivity index (χ3n) is 9.77. The van der Waals surface area contributed by atoms with E-state index in [4.69, 9.17) is 15.0 Å². The Bertz CT molecular complexity index is 2840. The molecule has 0 bridgehead atoms. The normalized spacial score (nSPS) is 11.5. The Balaban J connectivity index is 1.24. The smallest absolute Gasteiger partial charge is 0.160 e. The van der Waals surface area contributed by atoms with Crippen LogP contribution in [0.1, 0.15) is 0 Å². The Morgan fingerprint density at radius 1 is 0.373 bits per heavy atom. The van der Waals surface area contributed by atoms with E-state index in [0.29, 0.717) is 5.82 Å². The van der Waals surface area contributed by atoms with Gasteiger partial charge >= 0.3 is 0 Å². The monoisotopic (exact) mass is 650 g/mol. The van der Waals surface area contributed by atoms with E-state index in [1.807, 2.05) is 36.4 Å². The Hall–Kier alpha value is -6.91. The maximum atomic E-state index is 5.36. The first-order valence-corrected chi connectivity index (χ1v) is 17.2. The number of nitrogens with zero attached hydrogens (tertiary/aromatic N) is 4. The van der Waals surface area contributed by atoms with E-state index in [-0.39, 0.29) is 0 Å². The second kappa shape index (κ2) is 11.9. The molecule has 238 valence electrons. The molecular weight excluding hydrogens is 621 g/mol. The maximum absolute atomic E-state index is 5.36. The minimum Gasteiger partial charge on any atom is -0.309 e. The molecule has 0 unspecified atom stereocenters. The van der Waals surface area contributed by atoms with Gasteiger partial charge in [0.05, 0.1) is 33.6 Å². The molecule has 7 aromatic carbocycles. The molecule has 0 spiro atoms.